The first kappa shape index (κ1) is 27.8. The van der Waals surface area contributed by atoms with Crippen LogP contribution in [0.2, 0.25) is 0 Å². The van der Waals surface area contributed by atoms with E-state index in [-0.39, 0.29) is 47.2 Å². The molecule has 4 aromatic rings. The largest absolute Gasteiger partial charge is 0.412 e. The molecule has 5 heteroatoms. The topological polar surface area (TPSA) is 63.0 Å². The maximum Gasteiger partial charge on any atom is 0.0915 e. The fourth-order valence-corrected chi connectivity index (χ4v) is 4.72. The summed E-state index contributed by atoms with van der Waals surface area (Å²) in [5.74, 6) is 0. The summed E-state index contributed by atoms with van der Waals surface area (Å²) in [6.07, 6.45) is 0. The van der Waals surface area contributed by atoms with E-state index in [9.17, 15) is 0 Å². The molecular weight excluding hydrogens is 489 g/mol. The van der Waals surface area contributed by atoms with Crippen LogP contribution in [0.3, 0.4) is 0 Å². The van der Waals surface area contributed by atoms with Crippen LogP contribution in [0, 0.1) is 0 Å². The molecule has 4 N–H and O–H groups in total. The molecule has 29 heavy (non-hydrogen) atoms. The van der Waals surface area contributed by atoms with Crippen LogP contribution in [0.1, 0.15) is 0 Å². The van der Waals surface area contributed by atoms with Gasteiger partial charge in [0.15, 0.2) is 0 Å². The third-order valence-electron chi connectivity index (χ3n) is 4.65. The van der Waals surface area contributed by atoms with Gasteiger partial charge in [0.25, 0.3) is 0 Å². The van der Waals surface area contributed by atoms with Crippen LogP contribution >= 0.6 is 15.8 Å². The van der Waals surface area contributed by atoms with Gasteiger partial charge in [-0.3, -0.25) is 0 Å². The summed E-state index contributed by atoms with van der Waals surface area (Å²) in [5, 5.41) is 8.45. The minimum Gasteiger partial charge on any atom is -0.412 e. The number of benzene rings is 4. The van der Waals surface area contributed by atoms with E-state index in [0.29, 0.717) is 0 Å². The molecule has 0 aliphatic carbocycles. The molecule has 0 aromatic heterocycles. The van der Waals surface area contributed by atoms with Crippen LogP contribution < -0.4 is 10.6 Å². The number of hydrogen-bond acceptors (Lipinski definition) is 0. The van der Waals surface area contributed by atoms with Gasteiger partial charge in [-0.1, -0.05) is 60.7 Å². The number of hydrogen-bond donors (Lipinski definition) is 0. The van der Waals surface area contributed by atoms with Crippen LogP contribution in [-0.4, -0.2) is 37.6 Å². The summed E-state index contributed by atoms with van der Waals surface area (Å²) >= 11 is 0. The third kappa shape index (κ3) is 7.55. The van der Waals surface area contributed by atoms with Gasteiger partial charge in [-0.05, 0) is 45.8 Å². The Kier molecular flexibility index (Phi) is 12.7. The van der Waals surface area contributed by atoms with Crippen molar-refractivity contribution in [1.82, 2.24) is 0 Å². The minimum atomic E-state index is -0.303. The Balaban J connectivity index is 0.000000490. The summed E-state index contributed by atoms with van der Waals surface area (Å²) in [7, 11) is -0.605. The molecule has 2 nitrogen and oxygen atoms in total. The molecule has 0 heterocycles. The van der Waals surface area contributed by atoms with Gasteiger partial charge in [0.1, 0.15) is 0 Å². The van der Waals surface area contributed by atoms with Gasteiger partial charge < -0.3 is 11.0 Å². The summed E-state index contributed by atoms with van der Waals surface area (Å²) in [4.78, 5) is 0. The summed E-state index contributed by atoms with van der Waals surface area (Å²) < 4.78 is 0. The second kappa shape index (κ2) is 13.2. The second-order valence-corrected chi connectivity index (χ2v) is 12.3. The molecule has 0 saturated heterocycles. The molecule has 0 fully saturated rings. The van der Waals surface area contributed by atoms with Crippen molar-refractivity contribution in [2.75, 3.05) is 26.7 Å². The van der Waals surface area contributed by atoms with E-state index in [1.165, 1.54) is 32.2 Å². The van der Waals surface area contributed by atoms with Crippen molar-refractivity contribution in [3.8, 4) is 0 Å². The normalized spacial score (nSPS) is 9.86. The van der Waals surface area contributed by atoms with Gasteiger partial charge in [-0.25, -0.2) is 0 Å². The van der Waals surface area contributed by atoms with Crippen LogP contribution in [0.25, 0.3) is 21.5 Å². The Morgan fingerprint density at radius 2 is 0.759 bits per heavy atom. The molecule has 0 spiro atoms. The Labute approximate surface area is 190 Å². The van der Waals surface area contributed by atoms with Crippen molar-refractivity contribution in [3.63, 3.8) is 0 Å². The molecule has 0 aliphatic rings. The van der Waals surface area contributed by atoms with Crippen LogP contribution in [0.15, 0.2) is 84.9 Å². The van der Waals surface area contributed by atoms with Crippen molar-refractivity contribution in [2.24, 2.45) is 0 Å². The van der Waals surface area contributed by atoms with E-state index in [4.69, 9.17) is 0 Å². The minimum absolute atomic E-state index is 0. The van der Waals surface area contributed by atoms with E-state index in [1.54, 1.807) is 0 Å². The van der Waals surface area contributed by atoms with Gasteiger partial charge in [0.2, 0.25) is 0 Å². The molecule has 0 bridgehead atoms. The zero-order chi connectivity index (χ0) is 18.5. The third-order valence-corrected chi connectivity index (χ3v) is 7.59. The average Bonchev–Trinajstić information content (AvgIpc) is 2.67. The Morgan fingerprint density at radius 1 is 0.448 bits per heavy atom. The van der Waals surface area contributed by atoms with Crippen LogP contribution in [0.5, 0.6) is 0 Å². The van der Waals surface area contributed by atoms with E-state index in [1.807, 2.05) is 0 Å². The first-order valence-corrected chi connectivity index (χ1v) is 14.1. The molecule has 0 atom stereocenters. The monoisotopic (exact) mass is 520 g/mol. The molecule has 0 saturated carbocycles. The van der Waals surface area contributed by atoms with E-state index >= 15 is 0 Å². The molecule has 4 rings (SSSR count). The first-order valence-electron chi connectivity index (χ1n) is 9.13. The quantitative estimate of drug-likeness (QED) is 0.281. The second-order valence-electron chi connectivity index (χ2n) is 7.12. The first-order chi connectivity index (χ1) is 12.5. The zero-order valence-corrected chi connectivity index (χ0v) is 21.0. The van der Waals surface area contributed by atoms with E-state index in [2.05, 4.69) is 112 Å². The predicted molar refractivity (Wildman–Crippen MR) is 135 cm³/mol. The van der Waals surface area contributed by atoms with Crippen LogP contribution in [0.4, 0.5) is 0 Å². The summed E-state index contributed by atoms with van der Waals surface area (Å²) in [5.41, 5.74) is 0. The maximum atomic E-state index is 2.33. The van der Waals surface area contributed by atoms with E-state index in [0.717, 1.165) is 0 Å². The van der Waals surface area contributed by atoms with Crippen molar-refractivity contribution < 1.29 is 31.4 Å². The average molecular weight is 521 g/mol. The summed E-state index contributed by atoms with van der Waals surface area (Å²) in [6.45, 7) is 9.31. The Bertz CT molecular complexity index is 936. The van der Waals surface area contributed by atoms with Crippen LogP contribution in [-0.2, 0) is 20.4 Å². The molecular formula is C24H32O2P2Pd+2. The van der Waals surface area contributed by atoms with Gasteiger partial charge in [-0.15, -0.1) is 0 Å². The molecule has 0 unspecified atom stereocenters. The van der Waals surface area contributed by atoms with Gasteiger partial charge >= 0.3 is 0 Å². The number of rotatable bonds is 2. The predicted octanol–water partition coefficient (Wildman–Crippen LogP) is 4.23. The maximum absolute atomic E-state index is 2.33. The molecule has 158 valence electrons. The summed E-state index contributed by atoms with van der Waals surface area (Å²) in [6, 6.07) is 30.7. The van der Waals surface area contributed by atoms with E-state index < -0.39 is 0 Å². The molecule has 0 amide bonds. The Hall–Kier alpha value is -1.16. The fourth-order valence-electron chi connectivity index (χ4n) is 3.00. The van der Waals surface area contributed by atoms with Gasteiger partial charge in [0.05, 0.1) is 37.3 Å². The fraction of sp³-hybridized carbons (Fsp3) is 0.167. The van der Waals surface area contributed by atoms with Gasteiger partial charge in [-0.2, -0.15) is 0 Å². The SMILES string of the molecule is C[PH+](C)c1ccc2ccccc2c1.C[PH+](C)c1ccc2ccccc2c1.O.O.[Pd]. The van der Waals surface area contributed by atoms with Crippen molar-refractivity contribution in [1.29, 1.82) is 0 Å². The van der Waals surface area contributed by atoms with Crippen molar-refractivity contribution >= 4 is 48.0 Å². The van der Waals surface area contributed by atoms with Crippen molar-refractivity contribution in [2.45, 2.75) is 0 Å². The molecule has 4 aromatic carbocycles. The van der Waals surface area contributed by atoms with Gasteiger partial charge in [0, 0.05) is 36.3 Å². The van der Waals surface area contributed by atoms with Crippen molar-refractivity contribution in [3.05, 3.63) is 84.9 Å². The molecule has 0 radical (unpaired) electrons. The zero-order valence-electron chi connectivity index (χ0n) is 17.4. The smallest absolute Gasteiger partial charge is 0.0915 e. The number of fused-ring (bicyclic) bond motifs is 2. The standard InChI is InChI=1S/2C12H13P.2H2O.Pd/c2*1-13(2)12-8-7-10-5-3-4-6-11(10)9-12;;;/h2*3-9H,1-2H3;2*1H2;/p+2. The Morgan fingerprint density at radius 3 is 1.07 bits per heavy atom. The molecule has 0 aliphatic heterocycles.